The van der Waals surface area contributed by atoms with Crippen LogP contribution < -0.4 is 10.1 Å². The second kappa shape index (κ2) is 7.53. The quantitative estimate of drug-likeness (QED) is 0.792. The summed E-state index contributed by atoms with van der Waals surface area (Å²) in [6.45, 7) is 1.45. The van der Waals surface area contributed by atoms with E-state index in [2.05, 4.69) is 25.9 Å². The molecule has 1 aromatic carbocycles. The third-order valence-corrected chi connectivity index (χ3v) is 3.68. The molecular weight excluding hydrogens is 312 g/mol. The standard InChI is InChI=1S/C15H18N6O3/c22-13(3-1-9-21-10-2-4-14(21)23)16-11-5-7-12(8-6-11)24-15-17-19-20-18-15/h5-8H,1-4,9-10H2,(H,16,22)(H,17,18,19,20). The molecule has 0 atom stereocenters. The molecule has 2 N–H and O–H groups in total. The van der Waals surface area contributed by atoms with E-state index in [1.165, 1.54) is 0 Å². The molecule has 0 bridgehead atoms. The van der Waals surface area contributed by atoms with Crippen molar-refractivity contribution in [1.29, 1.82) is 0 Å². The molecule has 24 heavy (non-hydrogen) atoms. The number of nitrogens with zero attached hydrogens (tertiary/aromatic N) is 4. The molecule has 1 aliphatic rings. The summed E-state index contributed by atoms with van der Waals surface area (Å²) < 4.78 is 5.34. The van der Waals surface area contributed by atoms with Crippen molar-refractivity contribution >= 4 is 17.5 Å². The molecule has 9 heteroatoms. The first kappa shape index (κ1) is 15.9. The minimum Gasteiger partial charge on any atom is -0.422 e. The molecule has 2 aromatic rings. The first-order chi connectivity index (χ1) is 11.7. The molecule has 0 saturated carbocycles. The van der Waals surface area contributed by atoms with Crippen LogP contribution >= 0.6 is 0 Å². The van der Waals surface area contributed by atoms with Gasteiger partial charge in [-0.3, -0.25) is 9.59 Å². The third-order valence-electron chi connectivity index (χ3n) is 3.68. The van der Waals surface area contributed by atoms with Crippen LogP contribution in [0, 0.1) is 0 Å². The lowest BCUT2D eigenvalue weighted by Gasteiger charge is -2.14. The zero-order chi connectivity index (χ0) is 16.8. The van der Waals surface area contributed by atoms with Gasteiger partial charge in [-0.2, -0.15) is 5.21 Å². The maximum Gasteiger partial charge on any atom is 0.361 e. The zero-order valence-electron chi connectivity index (χ0n) is 13.1. The van der Waals surface area contributed by atoms with E-state index in [9.17, 15) is 9.59 Å². The van der Waals surface area contributed by atoms with Crippen molar-refractivity contribution in [2.45, 2.75) is 25.7 Å². The number of benzene rings is 1. The second-order valence-corrected chi connectivity index (χ2v) is 5.46. The summed E-state index contributed by atoms with van der Waals surface area (Å²) in [7, 11) is 0. The molecule has 9 nitrogen and oxygen atoms in total. The van der Waals surface area contributed by atoms with Gasteiger partial charge in [0.2, 0.25) is 11.8 Å². The molecule has 2 amide bonds. The summed E-state index contributed by atoms with van der Waals surface area (Å²) in [6, 6.07) is 7.00. The maximum atomic E-state index is 11.9. The fourth-order valence-corrected chi connectivity index (χ4v) is 2.50. The van der Waals surface area contributed by atoms with Gasteiger partial charge in [0.05, 0.1) is 0 Å². The molecule has 1 saturated heterocycles. The topological polar surface area (TPSA) is 113 Å². The van der Waals surface area contributed by atoms with Crippen LogP contribution in [0.15, 0.2) is 24.3 Å². The molecule has 2 heterocycles. The number of tetrazole rings is 1. The molecule has 0 aliphatic carbocycles. The highest BCUT2D eigenvalue weighted by molar-refractivity contribution is 5.90. The first-order valence-corrected chi connectivity index (χ1v) is 7.80. The Labute approximate surface area is 138 Å². The molecule has 0 unspecified atom stereocenters. The minimum atomic E-state index is -0.0755. The predicted molar refractivity (Wildman–Crippen MR) is 84.4 cm³/mol. The van der Waals surface area contributed by atoms with Crippen LogP contribution in [0.2, 0.25) is 0 Å². The van der Waals surface area contributed by atoms with Gasteiger partial charge in [0.25, 0.3) is 0 Å². The largest absolute Gasteiger partial charge is 0.422 e. The van der Waals surface area contributed by atoms with E-state index in [-0.39, 0.29) is 17.8 Å². The second-order valence-electron chi connectivity index (χ2n) is 5.46. The number of carbonyl (C=O) groups excluding carboxylic acids is 2. The van der Waals surface area contributed by atoms with E-state index < -0.39 is 0 Å². The number of aromatic amines is 1. The molecule has 1 aromatic heterocycles. The van der Waals surface area contributed by atoms with E-state index in [1.807, 2.05) is 4.90 Å². The van der Waals surface area contributed by atoms with Crippen LogP contribution in [0.3, 0.4) is 0 Å². The van der Waals surface area contributed by atoms with Crippen molar-refractivity contribution in [3.63, 3.8) is 0 Å². The summed E-state index contributed by atoms with van der Waals surface area (Å²) in [4.78, 5) is 25.2. The number of hydrogen-bond donors (Lipinski definition) is 2. The number of carbonyl (C=O) groups is 2. The molecule has 1 fully saturated rings. The van der Waals surface area contributed by atoms with Gasteiger partial charge in [-0.15, -0.1) is 0 Å². The van der Waals surface area contributed by atoms with Crippen LogP contribution in [-0.4, -0.2) is 50.4 Å². The Morgan fingerprint density at radius 1 is 1.33 bits per heavy atom. The summed E-state index contributed by atoms with van der Waals surface area (Å²) in [5.74, 6) is 0.656. The maximum absolute atomic E-state index is 11.9. The van der Waals surface area contributed by atoms with Gasteiger partial charge in [0.15, 0.2) is 0 Å². The lowest BCUT2D eigenvalue weighted by molar-refractivity contribution is -0.128. The number of H-pyrrole nitrogens is 1. The number of amides is 2. The van der Waals surface area contributed by atoms with E-state index in [0.29, 0.717) is 37.2 Å². The number of rotatable bonds is 7. The molecular formula is C15H18N6O3. The van der Waals surface area contributed by atoms with Crippen LogP contribution in [0.4, 0.5) is 5.69 Å². The van der Waals surface area contributed by atoms with Crippen LogP contribution in [-0.2, 0) is 9.59 Å². The van der Waals surface area contributed by atoms with Gasteiger partial charge in [0, 0.05) is 31.6 Å². The van der Waals surface area contributed by atoms with Crippen LogP contribution in [0.1, 0.15) is 25.7 Å². The highest BCUT2D eigenvalue weighted by Gasteiger charge is 2.19. The Bertz CT molecular complexity index is 686. The number of hydrogen-bond acceptors (Lipinski definition) is 6. The molecule has 3 rings (SSSR count). The number of ether oxygens (including phenoxy) is 1. The smallest absolute Gasteiger partial charge is 0.361 e. The Morgan fingerprint density at radius 3 is 2.83 bits per heavy atom. The number of anilines is 1. The lowest BCUT2D eigenvalue weighted by atomic mass is 10.2. The fraction of sp³-hybridized carbons (Fsp3) is 0.400. The monoisotopic (exact) mass is 330 g/mol. The number of aromatic nitrogens is 4. The van der Waals surface area contributed by atoms with Gasteiger partial charge < -0.3 is 15.0 Å². The Morgan fingerprint density at radius 2 is 2.17 bits per heavy atom. The van der Waals surface area contributed by atoms with E-state index in [4.69, 9.17) is 4.74 Å². The van der Waals surface area contributed by atoms with Crippen molar-refractivity contribution in [1.82, 2.24) is 25.5 Å². The zero-order valence-corrected chi connectivity index (χ0v) is 13.1. The first-order valence-electron chi connectivity index (χ1n) is 7.80. The van der Waals surface area contributed by atoms with Crippen molar-refractivity contribution in [3.05, 3.63) is 24.3 Å². The van der Waals surface area contributed by atoms with E-state index in [0.717, 1.165) is 13.0 Å². The summed E-state index contributed by atoms with van der Waals surface area (Å²) in [5.41, 5.74) is 0.678. The number of nitrogens with one attached hydrogen (secondary N) is 2. The van der Waals surface area contributed by atoms with Crippen LogP contribution in [0.25, 0.3) is 0 Å². The van der Waals surface area contributed by atoms with E-state index in [1.54, 1.807) is 24.3 Å². The van der Waals surface area contributed by atoms with Crippen molar-refractivity contribution in [3.8, 4) is 11.8 Å². The van der Waals surface area contributed by atoms with E-state index >= 15 is 0 Å². The minimum absolute atomic E-state index is 0.0755. The van der Waals surface area contributed by atoms with Gasteiger partial charge in [-0.05, 0) is 42.3 Å². The highest BCUT2D eigenvalue weighted by atomic mass is 16.5. The molecule has 1 aliphatic heterocycles. The lowest BCUT2D eigenvalue weighted by Crippen LogP contribution is -2.26. The average Bonchev–Trinajstić information content (AvgIpc) is 3.22. The Hall–Kier alpha value is -2.97. The predicted octanol–water partition coefficient (Wildman–Crippen LogP) is 1.33. The van der Waals surface area contributed by atoms with Crippen molar-refractivity contribution < 1.29 is 14.3 Å². The summed E-state index contributed by atoms with van der Waals surface area (Å²) in [6.07, 6.45) is 2.59. The Balaban J connectivity index is 1.41. The normalized spacial score (nSPS) is 14.0. The van der Waals surface area contributed by atoms with Crippen molar-refractivity contribution in [2.75, 3.05) is 18.4 Å². The molecule has 126 valence electrons. The van der Waals surface area contributed by atoms with Gasteiger partial charge in [-0.1, -0.05) is 10.2 Å². The average molecular weight is 330 g/mol. The SMILES string of the molecule is O=C(CCCN1CCCC1=O)Nc1ccc(Oc2nn[nH]n2)cc1. The Kier molecular flexibility index (Phi) is 4.99. The summed E-state index contributed by atoms with van der Waals surface area (Å²) in [5, 5.41) is 15.9. The van der Waals surface area contributed by atoms with Gasteiger partial charge >= 0.3 is 6.01 Å². The van der Waals surface area contributed by atoms with Gasteiger partial charge in [0.1, 0.15) is 5.75 Å². The van der Waals surface area contributed by atoms with Crippen LogP contribution in [0.5, 0.6) is 11.8 Å². The highest BCUT2D eigenvalue weighted by Crippen LogP contribution is 2.19. The fourth-order valence-electron chi connectivity index (χ4n) is 2.50. The molecule has 0 radical (unpaired) electrons. The van der Waals surface area contributed by atoms with Crippen molar-refractivity contribution in [2.24, 2.45) is 0 Å². The third kappa shape index (κ3) is 4.28. The number of likely N-dealkylation sites (tertiary alicyclic amines) is 1. The molecule has 0 spiro atoms. The van der Waals surface area contributed by atoms with Gasteiger partial charge in [-0.25, -0.2) is 0 Å². The summed E-state index contributed by atoms with van der Waals surface area (Å²) >= 11 is 0.